The third-order valence-corrected chi connectivity index (χ3v) is 12.4. The van der Waals surface area contributed by atoms with Crippen molar-refractivity contribution in [2.24, 2.45) is 0 Å². The molecule has 268 valence electrons. The average molecular weight is 726 g/mol. The predicted octanol–water partition coefficient (Wildman–Crippen LogP) is 13.9. The Morgan fingerprint density at radius 3 is 1.23 bits per heavy atom. The fourth-order valence-electron chi connectivity index (χ4n) is 10.1. The molecule has 0 unspecified atom stereocenters. The summed E-state index contributed by atoms with van der Waals surface area (Å²) >= 11 is 0. The zero-order chi connectivity index (χ0) is 37.8. The first-order chi connectivity index (χ1) is 28.3. The van der Waals surface area contributed by atoms with Crippen LogP contribution < -0.4 is 4.90 Å². The normalized spacial score (nSPS) is 14.2. The van der Waals surface area contributed by atoms with Crippen molar-refractivity contribution in [3.8, 4) is 22.3 Å². The van der Waals surface area contributed by atoms with Gasteiger partial charge in [-0.25, -0.2) is 0 Å². The molecule has 0 saturated carbocycles. The van der Waals surface area contributed by atoms with E-state index in [2.05, 4.69) is 241 Å². The van der Waals surface area contributed by atoms with Crippen molar-refractivity contribution in [1.29, 1.82) is 0 Å². The van der Waals surface area contributed by atoms with E-state index in [1.165, 1.54) is 78.1 Å². The summed E-state index contributed by atoms with van der Waals surface area (Å²) in [5, 5.41) is 0. The standard InChI is InChI=1S/C56H39N/c1-6-20-40(21-7-1)41-34-36-46(37-35-41)57-53-33-19-18-32-50(53)56(44-26-12-4-13-27-44,45-28-14-5-15-29-45)52-38-48-47-30-16-17-31-49(47)55(51(48)39-54(52)57,42-22-8-2-9-23-42)43-24-10-3-11-25-43/h1-39H. The molecule has 0 amide bonds. The van der Waals surface area contributed by atoms with Gasteiger partial charge in [0.15, 0.2) is 0 Å². The van der Waals surface area contributed by atoms with Gasteiger partial charge < -0.3 is 4.90 Å². The van der Waals surface area contributed by atoms with E-state index < -0.39 is 10.8 Å². The summed E-state index contributed by atoms with van der Waals surface area (Å²) < 4.78 is 0. The minimum atomic E-state index is -0.607. The van der Waals surface area contributed by atoms with Crippen LogP contribution in [-0.2, 0) is 10.8 Å². The molecule has 2 aliphatic rings. The van der Waals surface area contributed by atoms with Crippen LogP contribution in [0.3, 0.4) is 0 Å². The highest BCUT2D eigenvalue weighted by atomic mass is 15.2. The fraction of sp³-hybridized carbons (Fsp3) is 0.0357. The second kappa shape index (κ2) is 13.2. The molecule has 1 nitrogen and oxygen atoms in total. The van der Waals surface area contributed by atoms with Crippen molar-refractivity contribution in [3.05, 3.63) is 281 Å². The summed E-state index contributed by atoms with van der Waals surface area (Å²) in [5.41, 5.74) is 17.4. The maximum absolute atomic E-state index is 2.55. The molecule has 11 rings (SSSR count). The van der Waals surface area contributed by atoms with E-state index in [1.807, 2.05) is 0 Å². The largest absolute Gasteiger partial charge is 0.310 e. The van der Waals surface area contributed by atoms with E-state index in [9.17, 15) is 0 Å². The second-order valence-electron chi connectivity index (χ2n) is 15.2. The highest BCUT2D eigenvalue weighted by molar-refractivity contribution is 5.95. The van der Waals surface area contributed by atoms with Gasteiger partial charge in [-0.2, -0.15) is 0 Å². The van der Waals surface area contributed by atoms with Gasteiger partial charge in [-0.3, -0.25) is 0 Å². The van der Waals surface area contributed by atoms with Crippen molar-refractivity contribution < 1.29 is 0 Å². The molecule has 0 fully saturated rings. The van der Waals surface area contributed by atoms with E-state index in [4.69, 9.17) is 0 Å². The lowest BCUT2D eigenvalue weighted by molar-refractivity contribution is 0.726. The van der Waals surface area contributed by atoms with Crippen LogP contribution in [0, 0.1) is 0 Å². The first-order valence-electron chi connectivity index (χ1n) is 19.9. The topological polar surface area (TPSA) is 3.24 Å². The fourth-order valence-corrected chi connectivity index (χ4v) is 10.1. The lowest BCUT2D eigenvalue weighted by Crippen LogP contribution is -2.38. The second-order valence-corrected chi connectivity index (χ2v) is 15.2. The first-order valence-corrected chi connectivity index (χ1v) is 19.9. The Labute approximate surface area is 334 Å². The molecule has 0 aromatic heterocycles. The zero-order valence-electron chi connectivity index (χ0n) is 31.5. The molecule has 1 heterocycles. The van der Waals surface area contributed by atoms with Crippen LogP contribution in [0.25, 0.3) is 22.3 Å². The van der Waals surface area contributed by atoms with Gasteiger partial charge >= 0.3 is 0 Å². The summed E-state index contributed by atoms with van der Waals surface area (Å²) in [6, 6.07) is 87.6. The molecular weight excluding hydrogens is 687 g/mol. The molecule has 1 aliphatic carbocycles. The smallest absolute Gasteiger partial charge is 0.0742 e. The van der Waals surface area contributed by atoms with Gasteiger partial charge in [0.1, 0.15) is 0 Å². The molecule has 9 aromatic rings. The molecule has 0 bridgehead atoms. The zero-order valence-corrected chi connectivity index (χ0v) is 31.5. The molecule has 1 heteroatoms. The first kappa shape index (κ1) is 33.1. The quantitative estimate of drug-likeness (QED) is 0.165. The SMILES string of the molecule is c1ccc(-c2ccc(N3c4ccccc4C(c4ccccc4)(c4ccccc4)c4cc5c(cc43)C(c3ccccc3)(c3ccccc3)c3ccccc3-5)cc2)cc1. The van der Waals surface area contributed by atoms with Gasteiger partial charge in [0, 0.05) is 5.69 Å². The minimum absolute atomic E-state index is 0.536. The lowest BCUT2D eigenvalue weighted by Gasteiger charge is -2.47. The molecule has 1 aliphatic heterocycles. The molecule has 0 N–H and O–H groups in total. The van der Waals surface area contributed by atoms with E-state index in [1.54, 1.807) is 0 Å². The summed E-state index contributed by atoms with van der Waals surface area (Å²) in [5.74, 6) is 0. The number of para-hydroxylation sites is 1. The van der Waals surface area contributed by atoms with Crippen LogP contribution in [-0.4, -0.2) is 0 Å². The van der Waals surface area contributed by atoms with Crippen LogP contribution in [0.1, 0.15) is 44.5 Å². The van der Waals surface area contributed by atoms with Crippen LogP contribution in [0.2, 0.25) is 0 Å². The summed E-state index contributed by atoms with van der Waals surface area (Å²) in [4.78, 5) is 2.52. The Kier molecular flexibility index (Phi) is 7.69. The highest BCUT2D eigenvalue weighted by Crippen LogP contribution is 2.63. The third kappa shape index (κ3) is 4.82. The highest BCUT2D eigenvalue weighted by Gasteiger charge is 2.51. The van der Waals surface area contributed by atoms with Gasteiger partial charge in [0.25, 0.3) is 0 Å². The Balaban J connectivity index is 1.29. The van der Waals surface area contributed by atoms with Gasteiger partial charge in [-0.05, 0) is 97.1 Å². The Morgan fingerprint density at radius 2 is 0.684 bits per heavy atom. The Hall–Kier alpha value is -7.22. The Bertz CT molecular complexity index is 2790. The molecule has 9 aromatic carbocycles. The monoisotopic (exact) mass is 725 g/mol. The van der Waals surface area contributed by atoms with E-state index in [-0.39, 0.29) is 0 Å². The van der Waals surface area contributed by atoms with Crippen LogP contribution in [0.4, 0.5) is 17.1 Å². The molecule has 57 heavy (non-hydrogen) atoms. The van der Waals surface area contributed by atoms with Crippen molar-refractivity contribution >= 4 is 17.1 Å². The predicted molar refractivity (Wildman–Crippen MR) is 236 cm³/mol. The van der Waals surface area contributed by atoms with Crippen molar-refractivity contribution in [2.75, 3.05) is 4.90 Å². The molecule has 0 spiro atoms. The maximum atomic E-state index is 2.55. The number of anilines is 3. The van der Waals surface area contributed by atoms with Crippen molar-refractivity contribution in [1.82, 2.24) is 0 Å². The van der Waals surface area contributed by atoms with Gasteiger partial charge in [0.2, 0.25) is 0 Å². The number of benzene rings is 9. The van der Waals surface area contributed by atoms with Crippen LogP contribution in [0.15, 0.2) is 237 Å². The summed E-state index contributed by atoms with van der Waals surface area (Å²) in [7, 11) is 0. The minimum Gasteiger partial charge on any atom is -0.310 e. The van der Waals surface area contributed by atoms with Crippen molar-refractivity contribution in [3.63, 3.8) is 0 Å². The number of nitrogens with zero attached hydrogens (tertiary/aromatic N) is 1. The van der Waals surface area contributed by atoms with Gasteiger partial charge in [-0.1, -0.05) is 206 Å². The van der Waals surface area contributed by atoms with Crippen LogP contribution in [0.5, 0.6) is 0 Å². The maximum Gasteiger partial charge on any atom is 0.0742 e. The molecular formula is C56H39N. The summed E-state index contributed by atoms with van der Waals surface area (Å²) in [6.07, 6.45) is 0. The lowest BCUT2D eigenvalue weighted by atomic mass is 9.61. The van der Waals surface area contributed by atoms with Gasteiger partial charge in [-0.15, -0.1) is 0 Å². The van der Waals surface area contributed by atoms with E-state index in [0.29, 0.717) is 0 Å². The van der Waals surface area contributed by atoms with Crippen LogP contribution >= 0.6 is 0 Å². The third-order valence-electron chi connectivity index (χ3n) is 12.4. The number of rotatable bonds is 6. The van der Waals surface area contributed by atoms with Gasteiger partial charge in [0.05, 0.1) is 22.2 Å². The van der Waals surface area contributed by atoms with Crippen molar-refractivity contribution in [2.45, 2.75) is 10.8 Å². The molecule has 0 radical (unpaired) electrons. The average Bonchev–Trinajstić information content (AvgIpc) is 3.59. The molecule has 0 saturated heterocycles. The van der Waals surface area contributed by atoms with E-state index in [0.717, 1.165) is 5.69 Å². The number of hydrogen-bond donors (Lipinski definition) is 0. The number of fused-ring (bicyclic) bond motifs is 5. The number of hydrogen-bond acceptors (Lipinski definition) is 1. The Morgan fingerprint density at radius 1 is 0.263 bits per heavy atom. The summed E-state index contributed by atoms with van der Waals surface area (Å²) in [6.45, 7) is 0. The molecule has 0 atom stereocenters. The van der Waals surface area contributed by atoms with E-state index >= 15 is 0 Å².